The van der Waals surface area contributed by atoms with E-state index in [9.17, 15) is 4.79 Å². The van der Waals surface area contributed by atoms with Crippen LogP contribution >= 0.6 is 11.5 Å². The highest BCUT2D eigenvalue weighted by molar-refractivity contribution is 7.09. The van der Waals surface area contributed by atoms with Crippen LogP contribution in [0.25, 0.3) is 0 Å². The van der Waals surface area contributed by atoms with Gasteiger partial charge in [-0.1, -0.05) is 36.4 Å². The van der Waals surface area contributed by atoms with Crippen LogP contribution in [0.5, 0.6) is 0 Å². The molecule has 0 bridgehead atoms. The van der Waals surface area contributed by atoms with Gasteiger partial charge in [0.15, 0.2) is 0 Å². The van der Waals surface area contributed by atoms with Crippen LogP contribution in [0.15, 0.2) is 54.7 Å². The molecule has 1 aliphatic rings. The number of hydrogen-bond donors (Lipinski definition) is 1. The third-order valence-electron chi connectivity index (χ3n) is 4.63. The number of anilines is 1. The molecule has 1 fully saturated rings. The molecule has 0 saturated carbocycles. The SMILES string of the molecule is O=C(NCc1ccccn1)C1CCCN1c1nc(Cc2ccccc2)ns1. The Labute approximate surface area is 162 Å². The largest absolute Gasteiger partial charge is 0.349 e. The van der Waals surface area contributed by atoms with Gasteiger partial charge < -0.3 is 10.2 Å². The van der Waals surface area contributed by atoms with Gasteiger partial charge in [0, 0.05) is 30.7 Å². The van der Waals surface area contributed by atoms with Gasteiger partial charge >= 0.3 is 0 Å². The first-order chi connectivity index (χ1) is 13.3. The summed E-state index contributed by atoms with van der Waals surface area (Å²) >= 11 is 1.37. The average Bonchev–Trinajstić information content (AvgIpc) is 3.37. The van der Waals surface area contributed by atoms with Gasteiger partial charge in [-0.15, -0.1) is 0 Å². The van der Waals surface area contributed by atoms with Crippen molar-refractivity contribution in [1.82, 2.24) is 19.7 Å². The number of nitrogens with zero attached hydrogens (tertiary/aromatic N) is 4. The van der Waals surface area contributed by atoms with Crippen molar-refractivity contribution in [1.29, 1.82) is 0 Å². The Hall–Kier alpha value is -2.80. The molecule has 1 N–H and O–H groups in total. The predicted octanol–water partition coefficient (Wildman–Crippen LogP) is 2.81. The minimum absolute atomic E-state index is 0.0259. The fourth-order valence-electron chi connectivity index (χ4n) is 3.28. The third kappa shape index (κ3) is 4.31. The van der Waals surface area contributed by atoms with Gasteiger partial charge in [0.05, 0.1) is 12.2 Å². The summed E-state index contributed by atoms with van der Waals surface area (Å²) in [6, 6.07) is 15.7. The summed E-state index contributed by atoms with van der Waals surface area (Å²) in [5.74, 6) is 0.832. The molecule has 3 aromatic rings. The van der Waals surface area contributed by atoms with Crippen LogP contribution in [0.3, 0.4) is 0 Å². The molecule has 27 heavy (non-hydrogen) atoms. The minimum atomic E-state index is -0.189. The highest BCUT2D eigenvalue weighted by Crippen LogP contribution is 2.27. The molecule has 1 atom stereocenters. The van der Waals surface area contributed by atoms with Crippen molar-refractivity contribution >= 4 is 22.6 Å². The van der Waals surface area contributed by atoms with Gasteiger partial charge in [-0.2, -0.15) is 4.37 Å². The number of hydrogen-bond acceptors (Lipinski definition) is 6. The normalized spacial score (nSPS) is 16.4. The quantitative estimate of drug-likeness (QED) is 0.713. The summed E-state index contributed by atoms with van der Waals surface area (Å²) in [6.45, 7) is 1.28. The first-order valence-electron chi connectivity index (χ1n) is 9.10. The molecule has 0 aliphatic carbocycles. The van der Waals surface area contributed by atoms with Gasteiger partial charge in [0.25, 0.3) is 0 Å². The molecule has 0 radical (unpaired) electrons. The van der Waals surface area contributed by atoms with Crippen molar-refractivity contribution < 1.29 is 4.79 Å². The molecular formula is C20H21N5OS. The lowest BCUT2D eigenvalue weighted by Gasteiger charge is -2.22. The smallest absolute Gasteiger partial charge is 0.243 e. The van der Waals surface area contributed by atoms with E-state index in [1.165, 1.54) is 17.1 Å². The van der Waals surface area contributed by atoms with Crippen LogP contribution in [-0.2, 0) is 17.8 Å². The van der Waals surface area contributed by atoms with E-state index in [0.717, 1.165) is 36.0 Å². The number of carbonyl (C=O) groups excluding carboxylic acids is 1. The fraction of sp³-hybridized carbons (Fsp3) is 0.300. The molecule has 7 heteroatoms. The van der Waals surface area contributed by atoms with Gasteiger partial charge in [-0.3, -0.25) is 9.78 Å². The average molecular weight is 379 g/mol. The van der Waals surface area contributed by atoms with Crippen LogP contribution < -0.4 is 10.2 Å². The molecule has 1 unspecified atom stereocenters. The second-order valence-electron chi connectivity index (χ2n) is 6.55. The Morgan fingerprint density at radius 1 is 1.19 bits per heavy atom. The highest BCUT2D eigenvalue weighted by atomic mass is 32.1. The van der Waals surface area contributed by atoms with Gasteiger partial charge in [-0.25, -0.2) is 4.98 Å². The molecule has 4 rings (SSSR count). The van der Waals surface area contributed by atoms with E-state index in [4.69, 9.17) is 0 Å². The summed E-state index contributed by atoms with van der Waals surface area (Å²) in [4.78, 5) is 23.7. The number of rotatable bonds is 6. The van der Waals surface area contributed by atoms with E-state index in [2.05, 4.69) is 36.7 Å². The summed E-state index contributed by atoms with van der Waals surface area (Å²) < 4.78 is 4.49. The van der Waals surface area contributed by atoms with Crippen molar-refractivity contribution in [3.63, 3.8) is 0 Å². The number of pyridine rings is 1. The van der Waals surface area contributed by atoms with E-state index >= 15 is 0 Å². The molecular weight excluding hydrogens is 358 g/mol. The van der Waals surface area contributed by atoms with Crippen LogP contribution in [0, 0.1) is 0 Å². The monoisotopic (exact) mass is 379 g/mol. The maximum atomic E-state index is 12.7. The molecule has 0 spiro atoms. The molecule has 2 aromatic heterocycles. The molecule has 6 nitrogen and oxygen atoms in total. The highest BCUT2D eigenvalue weighted by Gasteiger charge is 2.32. The van der Waals surface area contributed by atoms with E-state index < -0.39 is 0 Å². The number of carbonyl (C=O) groups is 1. The Kier molecular flexibility index (Phi) is 5.39. The van der Waals surface area contributed by atoms with Crippen molar-refractivity contribution in [2.45, 2.75) is 31.8 Å². The third-order valence-corrected chi connectivity index (χ3v) is 5.42. The van der Waals surface area contributed by atoms with Gasteiger partial charge in [0.1, 0.15) is 11.9 Å². The lowest BCUT2D eigenvalue weighted by molar-refractivity contribution is -0.122. The summed E-state index contributed by atoms with van der Waals surface area (Å²) in [5, 5.41) is 3.83. The standard InChI is InChI=1S/C20H21N5OS/c26-19(22-14-16-9-4-5-11-21-16)17-10-6-12-25(17)20-23-18(24-27-20)13-15-7-2-1-3-8-15/h1-5,7-9,11,17H,6,10,12-14H2,(H,22,26). The molecule has 3 heterocycles. The van der Waals surface area contributed by atoms with Crippen molar-refractivity contribution in [2.24, 2.45) is 0 Å². The van der Waals surface area contributed by atoms with Crippen LogP contribution in [-0.4, -0.2) is 32.8 Å². The van der Waals surface area contributed by atoms with Crippen LogP contribution in [0.1, 0.15) is 29.9 Å². The predicted molar refractivity (Wildman–Crippen MR) is 106 cm³/mol. The van der Waals surface area contributed by atoms with Crippen LogP contribution in [0.2, 0.25) is 0 Å². The van der Waals surface area contributed by atoms with Crippen LogP contribution in [0.4, 0.5) is 5.13 Å². The number of aromatic nitrogens is 3. The van der Waals surface area contributed by atoms with Crippen molar-refractivity contribution in [3.8, 4) is 0 Å². The summed E-state index contributed by atoms with van der Waals surface area (Å²) in [6.07, 6.45) is 4.26. The zero-order chi connectivity index (χ0) is 18.5. The Balaban J connectivity index is 1.40. The van der Waals surface area contributed by atoms with Gasteiger partial charge in [-0.05, 0) is 30.5 Å². The summed E-state index contributed by atoms with van der Waals surface area (Å²) in [5.41, 5.74) is 2.05. The number of nitrogens with one attached hydrogen (secondary N) is 1. The maximum Gasteiger partial charge on any atom is 0.243 e. The van der Waals surface area contributed by atoms with Gasteiger partial charge in [0.2, 0.25) is 11.0 Å². The van der Waals surface area contributed by atoms with E-state index in [-0.39, 0.29) is 11.9 Å². The Bertz CT molecular complexity index is 884. The Morgan fingerprint density at radius 2 is 2.04 bits per heavy atom. The second kappa shape index (κ2) is 8.26. The molecule has 1 saturated heterocycles. The van der Waals surface area contributed by atoms with Crippen molar-refractivity contribution in [2.75, 3.05) is 11.4 Å². The molecule has 138 valence electrons. The van der Waals surface area contributed by atoms with Crippen molar-refractivity contribution in [3.05, 3.63) is 71.8 Å². The first-order valence-corrected chi connectivity index (χ1v) is 9.88. The fourth-order valence-corrected chi connectivity index (χ4v) is 4.04. The summed E-state index contributed by atoms with van der Waals surface area (Å²) in [7, 11) is 0. The zero-order valence-electron chi connectivity index (χ0n) is 14.9. The first kappa shape index (κ1) is 17.6. The van der Waals surface area contributed by atoms with E-state index in [1.807, 2.05) is 36.4 Å². The molecule has 1 aliphatic heterocycles. The maximum absolute atomic E-state index is 12.7. The lowest BCUT2D eigenvalue weighted by Crippen LogP contribution is -2.43. The zero-order valence-corrected chi connectivity index (χ0v) is 15.7. The lowest BCUT2D eigenvalue weighted by atomic mass is 10.1. The minimum Gasteiger partial charge on any atom is -0.349 e. The Morgan fingerprint density at radius 3 is 2.85 bits per heavy atom. The number of amides is 1. The topological polar surface area (TPSA) is 71.0 Å². The van der Waals surface area contributed by atoms with E-state index in [1.54, 1.807) is 6.20 Å². The molecule has 1 aromatic carbocycles. The molecule has 1 amide bonds. The van der Waals surface area contributed by atoms with E-state index in [0.29, 0.717) is 13.0 Å². The second-order valence-corrected chi connectivity index (χ2v) is 7.28. The number of benzene rings is 1.